The van der Waals surface area contributed by atoms with E-state index in [2.05, 4.69) is 57.4 Å². The second-order valence-corrected chi connectivity index (χ2v) is 35.7. The van der Waals surface area contributed by atoms with Crippen molar-refractivity contribution in [2.75, 3.05) is 28.4 Å². The number of hydrogen-bond acceptors (Lipinski definition) is 21. The summed E-state index contributed by atoms with van der Waals surface area (Å²) in [6.45, 7) is 36.8. The Hall–Kier alpha value is -7.67. The van der Waals surface area contributed by atoms with E-state index < -0.39 is 95.2 Å². The quantitative estimate of drug-likeness (QED) is 0.0174. The van der Waals surface area contributed by atoms with Gasteiger partial charge in [0.05, 0.1) is 44.7 Å². The molecule has 0 radical (unpaired) electrons. The molecule has 4 aromatic carbocycles. The van der Waals surface area contributed by atoms with E-state index in [4.69, 9.17) is 51.9 Å². The van der Waals surface area contributed by atoms with E-state index in [9.17, 15) is 33.6 Å². The van der Waals surface area contributed by atoms with E-state index in [1.165, 1.54) is 28.4 Å². The molecule has 4 heterocycles. The molecule has 14 rings (SSSR count). The molecule has 4 aromatic rings. The number of oxime groups is 1. The minimum Gasteiger partial charge on any atom is -0.496 e. The molecule has 0 aromatic heterocycles. The summed E-state index contributed by atoms with van der Waals surface area (Å²) in [7, 11) is 4.41. The molecular weight excluding hydrogens is 1370 g/mol. The summed E-state index contributed by atoms with van der Waals surface area (Å²) < 4.78 is 61.3. The van der Waals surface area contributed by atoms with Gasteiger partial charge in [-0.25, -0.2) is 25.1 Å². The summed E-state index contributed by atoms with van der Waals surface area (Å²) in [4.78, 5) is 106. The first-order valence-corrected chi connectivity index (χ1v) is 37.4. The zero-order valence-electron chi connectivity index (χ0n) is 66.9. The van der Waals surface area contributed by atoms with Gasteiger partial charge >= 0.3 is 38.4 Å². The maximum Gasteiger partial charge on any atom is 0.461 e. The molecule has 2 unspecified atom stereocenters. The lowest BCUT2D eigenvalue weighted by Gasteiger charge is -2.64. The largest absolute Gasteiger partial charge is 0.496 e. The summed E-state index contributed by atoms with van der Waals surface area (Å²) in [5.74, 6) is 3.39. The average Bonchev–Trinajstić information content (AvgIpc) is 1.64. The third kappa shape index (κ3) is 17.7. The Balaban J connectivity index is 0.000000221. The highest BCUT2D eigenvalue weighted by molar-refractivity contribution is 6.52. The molecule has 2 amide bonds. The van der Waals surface area contributed by atoms with Crippen molar-refractivity contribution in [2.24, 2.45) is 45.6 Å². The number of hydrogen-bond donors (Lipinski definition) is 1. The van der Waals surface area contributed by atoms with Gasteiger partial charge in [-0.05, 0) is 228 Å². The van der Waals surface area contributed by atoms with Crippen LogP contribution in [0.15, 0.2) is 78.0 Å². The number of benzene rings is 4. The molecule has 6 saturated carbocycles. The molecule has 580 valence electrons. The molecule has 6 aliphatic carbocycles. The summed E-state index contributed by atoms with van der Waals surface area (Å²) in [5, 5.41) is 4.23. The Bertz CT molecular complexity index is 4070. The number of esters is 2. The van der Waals surface area contributed by atoms with Gasteiger partial charge in [0.25, 0.3) is 0 Å². The molecule has 25 heteroatoms. The van der Waals surface area contributed by atoms with Gasteiger partial charge < -0.3 is 56.7 Å². The van der Waals surface area contributed by atoms with Crippen LogP contribution < -0.4 is 15.4 Å². The monoisotopic (exact) mass is 1480 g/mol. The molecule has 4 bridgehead atoms. The van der Waals surface area contributed by atoms with Gasteiger partial charge in [-0.2, -0.15) is 0 Å². The van der Waals surface area contributed by atoms with Gasteiger partial charge in [0.2, 0.25) is 11.6 Å². The highest BCUT2D eigenvalue weighted by atomic mass is 16.7. The van der Waals surface area contributed by atoms with Crippen molar-refractivity contribution in [3.8, 4) is 11.5 Å². The van der Waals surface area contributed by atoms with E-state index in [0.717, 1.165) is 53.5 Å². The molecule has 8 fully saturated rings. The number of ketones is 3. The first-order chi connectivity index (χ1) is 49.8. The van der Waals surface area contributed by atoms with E-state index in [1.54, 1.807) is 73.0 Å². The molecule has 23 nitrogen and oxygen atoms in total. The van der Waals surface area contributed by atoms with Gasteiger partial charge in [0.1, 0.15) is 52.1 Å². The van der Waals surface area contributed by atoms with Gasteiger partial charge in [0.15, 0.2) is 11.5 Å². The van der Waals surface area contributed by atoms with Crippen molar-refractivity contribution < 1.29 is 90.3 Å². The minimum atomic E-state index is -0.746. The molecule has 2 N–H and O–H groups in total. The lowest BCUT2D eigenvalue weighted by atomic mass is 9.43. The number of nitrogens with two attached hydrogens (primary N) is 1. The summed E-state index contributed by atoms with van der Waals surface area (Å²) in [5.41, 5.74) is 3.24. The third-order valence-electron chi connectivity index (χ3n) is 22.8. The molecule has 0 spiro atoms. The van der Waals surface area contributed by atoms with Crippen LogP contribution in [0.5, 0.6) is 11.5 Å². The molecule has 2 saturated heterocycles. The van der Waals surface area contributed by atoms with Crippen molar-refractivity contribution in [1.29, 1.82) is 0 Å². The molecular formula is C82H112B2N4O19. The Morgan fingerprint density at radius 2 is 0.888 bits per heavy atom. The summed E-state index contributed by atoms with van der Waals surface area (Å²) in [6.07, 6.45) is 3.40. The van der Waals surface area contributed by atoms with Crippen LogP contribution in [-0.2, 0) is 95.8 Å². The number of ether oxygens (including phenoxy) is 6. The number of methoxy groups -OCH3 is 2. The van der Waals surface area contributed by atoms with Crippen molar-refractivity contribution >= 4 is 61.4 Å². The van der Waals surface area contributed by atoms with Crippen molar-refractivity contribution in [3.63, 3.8) is 0 Å². The highest BCUT2D eigenvalue weighted by Crippen LogP contribution is 2.68. The van der Waals surface area contributed by atoms with Crippen LogP contribution in [0.4, 0.5) is 9.59 Å². The summed E-state index contributed by atoms with van der Waals surface area (Å²) in [6, 6.07) is 21.5. The SMILES string of the molecule is CO/N=C(\C(=O)C[C@@H](Cc1cccc(C(=O)OC(C)(C)C)c1OC)B1OC2C[C@@H]3C[C@@H](C3(C)C)[C@]2(C)O1)c1ccc2c(c1)CN(C(=O)OC(C)(C)C)C2.CON.COc1c(C[C@H](CC(=O)C(=O)c2ccc3c(c2)CN(C(=O)OC(C)(C)C)C3)B2OC3C[C@@H]4C[C@@H](C4(C)C)[C@]3(C)O2)cccc1C(=O)OC(C)(C)C. The second kappa shape index (κ2) is 31.0. The molecule has 4 aliphatic heterocycles. The Morgan fingerprint density at radius 3 is 1.26 bits per heavy atom. The van der Waals surface area contributed by atoms with Crippen LogP contribution in [0.1, 0.15) is 233 Å². The van der Waals surface area contributed by atoms with Crippen LogP contribution in [-0.4, -0.2) is 145 Å². The van der Waals surface area contributed by atoms with Gasteiger partial charge in [-0.3, -0.25) is 24.2 Å². The van der Waals surface area contributed by atoms with Gasteiger partial charge in [-0.1, -0.05) is 81.4 Å². The fraction of sp³-hybridized carbons (Fsp3) is 0.610. The zero-order valence-corrected chi connectivity index (χ0v) is 66.9. The lowest BCUT2D eigenvalue weighted by molar-refractivity contribution is -0.199. The predicted molar refractivity (Wildman–Crippen MR) is 404 cm³/mol. The van der Waals surface area contributed by atoms with Gasteiger partial charge in [-0.15, -0.1) is 0 Å². The summed E-state index contributed by atoms with van der Waals surface area (Å²) >= 11 is 0. The first kappa shape index (κ1) is 81.8. The van der Waals surface area contributed by atoms with E-state index in [1.807, 2.05) is 92.6 Å². The zero-order chi connectivity index (χ0) is 78.6. The molecule has 107 heavy (non-hydrogen) atoms. The number of Topliss-reactive ketones (excluding diaryl/α,β-unsaturated/α-hetero) is 3. The van der Waals surface area contributed by atoms with Crippen LogP contribution in [0.2, 0.25) is 11.6 Å². The Kier molecular flexibility index (Phi) is 23.7. The number of carbonyl (C=O) groups is 7. The van der Waals surface area contributed by atoms with Crippen molar-refractivity contribution in [3.05, 3.63) is 128 Å². The average molecular weight is 1480 g/mol. The second-order valence-electron chi connectivity index (χ2n) is 35.7. The first-order valence-electron chi connectivity index (χ1n) is 37.4. The predicted octanol–water partition coefficient (Wildman–Crippen LogP) is 14.4. The Morgan fingerprint density at radius 1 is 0.514 bits per heavy atom. The number of para-hydroxylation sites is 2. The van der Waals surface area contributed by atoms with Crippen LogP contribution in [0.3, 0.4) is 0 Å². The number of amides is 2. The van der Waals surface area contributed by atoms with Crippen LogP contribution in [0, 0.1) is 34.5 Å². The standard InChI is InChI=1S/C41H55BN2O9.C40H52BNO9.CH5NO/c1-38(2,3)50-36(46)30-14-12-13-25(35(30)48-10)18-29(42-52-33-20-28-19-32(40(28,7)8)41(33,9)53-42)21-31(45)34(43-49-11)24-15-16-26-22-44(23-27(26)17-24)37(47)51-39(4,5)6;1-37(2,3)48-35(45)29-13-11-12-24(34(29)47-10)17-28(41-50-32-19-27-18-31(39(27,7)8)40(32,9)51-41)20-30(43)33(44)23-14-15-25-21-42(22-26(25)16-23)36(46)49-38(4,5)6;1-3-2/h12-17,28-29,32-33H,18-23H2,1-11H3;11-16,27-28,31-32H,17-22H2,1-10H3;2H2,1H3/b43-34-;;/t28-,29+,32-,33?,41-;27-,28+,31-,32?,40-;/m00./s1. The van der Waals surface area contributed by atoms with E-state index >= 15 is 0 Å². The minimum absolute atomic E-state index is 0.0219. The number of fused-ring (bicyclic) bond motifs is 2. The molecule has 10 atom stereocenters. The van der Waals surface area contributed by atoms with Crippen molar-refractivity contribution in [1.82, 2.24) is 9.80 Å². The van der Waals surface area contributed by atoms with Crippen LogP contribution in [0.25, 0.3) is 0 Å². The Labute approximate surface area is 632 Å². The fourth-order valence-electron chi connectivity index (χ4n) is 17.4. The number of nitrogens with zero attached hydrogens (tertiary/aromatic N) is 3. The lowest BCUT2D eigenvalue weighted by Crippen LogP contribution is -2.65. The highest BCUT2D eigenvalue weighted by Gasteiger charge is 2.70. The smallest absolute Gasteiger partial charge is 0.461 e. The molecule has 10 aliphatic rings. The topological polar surface area (TPSA) is 275 Å². The maximum absolute atomic E-state index is 14.5. The number of carbonyl (C=O) groups excluding carboxylic acids is 7. The van der Waals surface area contributed by atoms with Crippen molar-refractivity contribution in [2.45, 2.75) is 260 Å². The van der Waals surface area contributed by atoms with E-state index in [-0.39, 0.29) is 71.5 Å². The normalized spacial score (nSPS) is 24.7. The van der Waals surface area contributed by atoms with Gasteiger partial charge in [0, 0.05) is 61.8 Å². The van der Waals surface area contributed by atoms with E-state index in [0.29, 0.717) is 77.9 Å². The third-order valence-corrected chi connectivity index (χ3v) is 22.8. The number of rotatable bonds is 19. The maximum atomic E-state index is 14.5. The fourth-order valence-corrected chi connectivity index (χ4v) is 17.4. The van der Waals surface area contributed by atoms with Crippen LogP contribution >= 0.6 is 0 Å².